The lowest BCUT2D eigenvalue weighted by atomic mass is 10.1. The van der Waals surface area contributed by atoms with E-state index in [1.54, 1.807) is 0 Å². The quantitative estimate of drug-likeness (QED) is 0.772. The van der Waals surface area contributed by atoms with Gasteiger partial charge in [-0.05, 0) is 33.0 Å². The highest BCUT2D eigenvalue weighted by Crippen LogP contribution is 2.22. The highest BCUT2D eigenvalue weighted by molar-refractivity contribution is 5.49. The van der Waals surface area contributed by atoms with Crippen LogP contribution in [0.3, 0.4) is 0 Å². The van der Waals surface area contributed by atoms with Gasteiger partial charge in [0.25, 0.3) is 0 Å². The van der Waals surface area contributed by atoms with E-state index in [1.165, 1.54) is 5.69 Å². The van der Waals surface area contributed by atoms with Gasteiger partial charge in [-0.3, -0.25) is 4.90 Å². The lowest BCUT2D eigenvalue weighted by Gasteiger charge is -2.43. The number of nitrogen functional groups attached to an aromatic ring is 1. The maximum absolute atomic E-state index is 5.60. The van der Waals surface area contributed by atoms with Crippen molar-refractivity contribution in [3.8, 4) is 0 Å². The first-order valence-electron chi connectivity index (χ1n) is 5.76. The zero-order chi connectivity index (χ0) is 11.7. The maximum Gasteiger partial charge on any atom is 0.123 e. The molecule has 0 aliphatic carbocycles. The minimum Gasteiger partial charge on any atom is -0.384 e. The van der Waals surface area contributed by atoms with E-state index in [-0.39, 0.29) is 0 Å². The third-order valence-corrected chi connectivity index (χ3v) is 3.40. The van der Waals surface area contributed by atoms with Gasteiger partial charge >= 0.3 is 0 Å². The van der Waals surface area contributed by atoms with E-state index in [0.29, 0.717) is 17.9 Å². The first kappa shape index (κ1) is 11.2. The van der Waals surface area contributed by atoms with Crippen molar-refractivity contribution in [1.82, 2.24) is 9.88 Å². The van der Waals surface area contributed by atoms with E-state index in [0.717, 1.165) is 13.1 Å². The van der Waals surface area contributed by atoms with Crippen LogP contribution in [0, 0.1) is 0 Å². The van der Waals surface area contributed by atoms with Crippen LogP contribution in [0.5, 0.6) is 0 Å². The number of hydrogen-bond donors (Lipinski definition) is 1. The molecule has 16 heavy (non-hydrogen) atoms. The Morgan fingerprint density at radius 3 is 2.62 bits per heavy atom. The van der Waals surface area contributed by atoms with Gasteiger partial charge in [-0.2, -0.15) is 0 Å². The summed E-state index contributed by atoms with van der Waals surface area (Å²) >= 11 is 0. The highest BCUT2D eigenvalue weighted by atomic mass is 15.3. The minimum absolute atomic E-state index is 0.520. The average molecular weight is 220 g/mol. The summed E-state index contributed by atoms with van der Waals surface area (Å²) in [6.07, 6.45) is 1.86. The summed E-state index contributed by atoms with van der Waals surface area (Å²) in [4.78, 5) is 8.95. The Labute approximate surface area is 97.1 Å². The molecule has 0 aromatic carbocycles. The van der Waals surface area contributed by atoms with Crippen LogP contribution in [-0.4, -0.2) is 42.1 Å². The van der Waals surface area contributed by atoms with Gasteiger partial charge in [-0.15, -0.1) is 0 Å². The summed E-state index contributed by atoms with van der Waals surface area (Å²) in [6.45, 7) is 6.64. The van der Waals surface area contributed by atoms with E-state index < -0.39 is 0 Å². The highest BCUT2D eigenvalue weighted by Gasteiger charge is 2.26. The monoisotopic (exact) mass is 220 g/mol. The van der Waals surface area contributed by atoms with Gasteiger partial charge < -0.3 is 10.6 Å². The van der Waals surface area contributed by atoms with Gasteiger partial charge in [0.1, 0.15) is 5.82 Å². The molecule has 88 valence electrons. The number of pyridine rings is 1. The van der Waals surface area contributed by atoms with Gasteiger partial charge in [0.05, 0.1) is 11.9 Å². The third-order valence-electron chi connectivity index (χ3n) is 3.40. The number of anilines is 2. The zero-order valence-corrected chi connectivity index (χ0v) is 10.2. The molecule has 2 atom stereocenters. The number of aromatic nitrogens is 1. The van der Waals surface area contributed by atoms with Crippen molar-refractivity contribution >= 4 is 11.5 Å². The topological polar surface area (TPSA) is 45.4 Å². The fourth-order valence-corrected chi connectivity index (χ4v) is 2.23. The molecule has 1 aromatic rings. The first-order valence-corrected chi connectivity index (χ1v) is 5.76. The molecular formula is C12H20N4. The summed E-state index contributed by atoms with van der Waals surface area (Å²) in [5.41, 5.74) is 6.77. The van der Waals surface area contributed by atoms with Crippen LogP contribution in [0.15, 0.2) is 18.3 Å². The second kappa shape index (κ2) is 4.29. The van der Waals surface area contributed by atoms with Crippen LogP contribution in [0.4, 0.5) is 11.5 Å². The van der Waals surface area contributed by atoms with Gasteiger partial charge in [0, 0.05) is 25.2 Å². The molecule has 2 rings (SSSR count). The summed E-state index contributed by atoms with van der Waals surface area (Å²) in [5, 5.41) is 0. The smallest absolute Gasteiger partial charge is 0.123 e. The molecule has 1 fully saturated rings. The largest absolute Gasteiger partial charge is 0.384 e. The molecule has 2 heterocycles. The van der Waals surface area contributed by atoms with Gasteiger partial charge in [-0.1, -0.05) is 0 Å². The van der Waals surface area contributed by atoms with Crippen LogP contribution in [-0.2, 0) is 0 Å². The summed E-state index contributed by atoms with van der Waals surface area (Å²) in [5.74, 6) is 0.582. The predicted molar refractivity (Wildman–Crippen MR) is 67.5 cm³/mol. The molecule has 1 aliphatic rings. The third kappa shape index (κ3) is 2.11. The molecule has 0 spiro atoms. The van der Waals surface area contributed by atoms with Crippen LogP contribution in [0.1, 0.15) is 13.8 Å². The lowest BCUT2D eigenvalue weighted by molar-refractivity contribution is 0.206. The summed E-state index contributed by atoms with van der Waals surface area (Å²) in [6, 6.07) is 5.02. The van der Waals surface area contributed by atoms with Crippen molar-refractivity contribution in [3.63, 3.8) is 0 Å². The summed E-state index contributed by atoms with van der Waals surface area (Å²) in [7, 11) is 2.18. The van der Waals surface area contributed by atoms with E-state index in [1.807, 2.05) is 12.3 Å². The van der Waals surface area contributed by atoms with Crippen LogP contribution < -0.4 is 10.6 Å². The Morgan fingerprint density at radius 1 is 1.25 bits per heavy atom. The minimum atomic E-state index is 0.520. The molecule has 2 N–H and O–H groups in total. The Kier molecular flexibility index (Phi) is 3.01. The molecule has 2 unspecified atom stereocenters. The number of nitrogens with two attached hydrogens (primary N) is 1. The molecule has 0 amide bonds. The Bertz CT molecular complexity index is 349. The van der Waals surface area contributed by atoms with Crippen molar-refractivity contribution in [2.45, 2.75) is 25.9 Å². The molecule has 1 saturated heterocycles. The fourth-order valence-electron chi connectivity index (χ4n) is 2.23. The number of hydrogen-bond acceptors (Lipinski definition) is 4. The van der Waals surface area contributed by atoms with Crippen molar-refractivity contribution in [3.05, 3.63) is 18.3 Å². The van der Waals surface area contributed by atoms with Crippen molar-refractivity contribution in [1.29, 1.82) is 0 Å². The molecule has 1 aliphatic heterocycles. The summed E-state index contributed by atoms with van der Waals surface area (Å²) < 4.78 is 0. The SMILES string of the molecule is CC1CN(c2ccc(N)nc2)C(C)CN1C. The average Bonchev–Trinajstić information content (AvgIpc) is 2.25. The van der Waals surface area contributed by atoms with Crippen LogP contribution in [0.2, 0.25) is 0 Å². The molecule has 0 radical (unpaired) electrons. The van der Waals surface area contributed by atoms with Gasteiger partial charge in [0.15, 0.2) is 0 Å². The van der Waals surface area contributed by atoms with Crippen LogP contribution in [0.25, 0.3) is 0 Å². The Hall–Kier alpha value is -1.29. The fraction of sp³-hybridized carbons (Fsp3) is 0.583. The van der Waals surface area contributed by atoms with E-state index in [9.17, 15) is 0 Å². The van der Waals surface area contributed by atoms with E-state index in [4.69, 9.17) is 5.73 Å². The van der Waals surface area contributed by atoms with Crippen molar-refractivity contribution in [2.24, 2.45) is 0 Å². The molecule has 4 nitrogen and oxygen atoms in total. The van der Waals surface area contributed by atoms with Gasteiger partial charge in [-0.25, -0.2) is 4.98 Å². The van der Waals surface area contributed by atoms with Crippen molar-refractivity contribution in [2.75, 3.05) is 30.8 Å². The maximum atomic E-state index is 5.60. The normalized spacial score (nSPS) is 27.1. The molecule has 4 heteroatoms. The van der Waals surface area contributed by atoms with Gasteiger partial charge in [0.2, 0.25) is 0 Å². The predicted octanol–water partition coefficient (Wildman–Crippen LogP) is 1.19. The lowest BCUT2D eigenvalue weighted by Crippen LogP contribution is -2.55. The van der Waals surface area contributed by atoms with E-state index in [2.05, 4.69) is 41.7 Å². The first-order chi connectivity index (χ1) is 7.58. The number of rotatable bonds is 1. The van der Waals surface area contributed by atoms with E-state index >= 15 is 0 Å². The standard InChI is InChI=1S/C12H20N4/c1-9-8-16(10(2)7-15(9)3)11-4-5-12(13)14-6-11/h4-6,9-10H,7-8H2,1-3H3,(H2,13,14). The molecule has 1 aromatic heterocycles. The van der Waals surface area contributed by atoms with Crippen molar-refractivity contribution < 1.29 is 0 Å². The van der Waals surface area contributed by atoms with Crippen LogP contribution >= 0.6 is 0 Å². The molecule has 0 saturated carbocycles. The molecular weight excluding hydrogens is 200 g/mol. The zero-order valence-electron chi connectivity index (χ0n) is 10.2. The number of likely N-dealkylation sites (N-methyl/N-ethyl adjacent to an activating group) is 1. The second-order valence-electron chi connectivity index (χ2n) is 4.73. The second-order valence-corrected chi connectivity index (χ2v) is 4.73. The number of piperazine rings is 1. The number of nitrogens with zero attached hydrogens (tertiary/aromatic N) is 3. The molecule has 0 bridgehead atoms. The Balaban J connectivity index is 2.17. The Morgan fingerprint density at radius 2 is 2.00 bits per heavy atom.